The summed E-state index contributed by atoms with van der Waals surface area (Å²) in [7, 11) is 1.98. The van der Waals surface area contributed by atoms with Crippen molar-refractivity contribution in [3.8, 4) is 5.69 Å². The molecule has 1 aromatic carbocycles. The standard InChI is InChI=1S/C16H18N6O2/c1-11(21(2)8-13-7-15(16(23)24)20-19-13)12-3-5-14(6-4-12)22-10-17-9-18-22/h3-7,9-11H,8H2,1-2H3,(H,19,20)(H,23,24). The molecule has 8 nitrogen and oxygen atoms in total. The van der Waals surface area contributed by atoms with Gasteiger partial charge in [0.2, 0.25) is 0 Å². The van der Waals surface area contributed by atoms with Gasteiger partial charge in [-0.25, -0.2) is 14.5 Å². The van der Waals surface area contributed by atoms with Gasteiger partial charge in [0.15, 0.2) is 5.69 Å². The molecule has 1 unspecified atom stereocenters. The number of hydrogen-bond donors (Lipinski definition) is 2. The monoisotopic (exact) mass is 326 g/mol. The van der Waals surface area contributed by atoms with Crippen molar-refractivity contribution in [2.75, 3.05) is 7.05 Å². The first-order valence-electron chi connectivity index (χ1n) is 7.47. The molecule has 0 saturated heterocycles. The normalized spacial score (nSPS) is 12.5. The van der Waals surface area contributed by atoms with Crippen LogP contribution in [0.4, 0.5) is 0 Å². The van der Waals surface area contributed by atoms with Crippen LogP contribution in [0, 0.1) is 0 Å². The van der Waals surface area contributed by atoms with E-state index in [1.807, 2.05) is 31.3 Å². The molecule has 1 atom stereocenters. The van der Waals surface area contributed by atoms with Gasteiger partial charge in [0.25, 0.3) is 0 Å². The fraction of sp³-hybridized carbons (Fsp3) is 0.250. The molecule has 0 radical (unpaired) electrons. The molecule has 8 heteroatoms. The van der Waals surface area contributed by atoms with Crippen LogP contribution < -0.4 is 0 Å². The number of carbonyl (C=O) groups is 1. The van der Waals surface area contributed by atoms with Gasteiger partial charge < -0.3 is 5.11 Å². The second-order valence-corrected chi connectivity index (χ2v) is 5.61. The van der Waals surface area contributed by atoms with Crippen molar-refractivity contribution in [3.05, 3.63) is 59.9 Å². The van der Waals surface area contributed by atoms with Crippen molar-refractivity contribution in [2.45, 2.75) is 19.5 Å². The Morgan fingerprint density at radius 3 is 2.71 bits per heavy atom. The number of aromatic nitrogens is 5. The van der Waals surface area contributed by atoms with Gasteiger partial charge in [-0.1, -0.05) is 12.1 Å². The van der Waals surface area contributed by atoms with Gasteiger partial charge in [0.05, 0.1) is 11.4 Å². The molecule has 2 heterocycles. The quantitative estimate of drug-likeness (QED) is 0.717. The molecule has 3 rings (SSSR count). The van der Waals surface area contributed by atoms with Crippen LogP contribution in [0.25, 0.3) is 5.69 Å². The maximum Gasteiger partial charge on any atom is 0.356 e. The Bertz CT molecular complexity index is 809. The third kappa shape index (κ3) is 3.33. The highest BCUT2D eigenvalue weighted by Crippen LogP contribution is 2.21. The van der Waals surface area contributed by atoms with Crippen LogP contribution in [-0.4, -0.2) is 48.0 Å². The van der Waals surface area contributed by atoms with E-state index in [9.17, 15) is 4.79 Å². The zero-order valence-corrected chi connectivity index (χ0v) is 13.4. The molecule has 2 N–H and O–H groups in total. The van der Waals surface area contributed by atoms with E-state index in [4.69, 9.17) is 5.11 Å². The lowest BCUT2D eigenvalue weighted by molar-refractivity contribution is 0.0690. The zero-order valence-electron chi connectivity index (χ0n) is 13.4. The van der Waals surface area contributed by atoms with Gasteiger partial charge in [-0.2, -0.15) is 10.2 Å². The van der Waals surface area contributed by atoms with Crippen molar-refractivity contribution in [1.29, 1.82) is 0 Å². The van der Waals surface area contributed by atoms with E-state index in [1.165, 1.54) is 6.33 Å². The average molecular weight is 326 g/mol. The SMILES string of the molecule is CC(c1ccc(-n2cncn2)cc1)N(C)Cc1cc(C(=O)O)n[nH]1. The van der Waals surface area contributed by atoms with E-state index in [0.29, 0.717) is 6.54 Å². The minimum absolute atomic E-state index is 0.0308. The number of carboxylic acid groups (broad SMARTS) is 1. The van der Waals surface area contributed by atoms with Gasteiger partial charge in [-0.15, -0.1) is 0 Å². The number of rotatable bonds is 6. The first-order valence-corrected chi connectivity index (χ1v) is 7.47. The molecule has 0 amide bonds. The van der Waals surface area contributed by atoms with Crippen molar-refractivity contribution in [3.63, 3.8) is 0 Å². The van der Waals surface area contributed by atoms with Crippen LogP contribution in [0.3, 0.4) is 0 Å². The minimum Gasteiger partial charge on any atom is -0.476 e. The van der Waals surface area contributed by atoms with Gasteiger partial charge in [-0.05, 0) is 37.7 Å². The molecule has 24 heavy (non-hydrogen) atoms. The van der Waals surface area contributed by atoms with Crippen LogP contribution in [-0.2, 0) is 6.54 Å². The molecule has 2 aromatic heterocycles. The van der Waals surface area contributed by atoms with Crippen LogP contribution in [0.1, 0.15) is 34.7 Å². The highest BCUT2D eigenvalue weighted by Gasteiger charge is 2.15. The molecular formula is C16H18N6O2. The summed E-state index contributed by atoms with van der Waals surface area (Å²) in [6.45, 7) is 2.67. The Morgan fingerprint density at radius 2 is 2.12 bits per heavy atom. The van der Waals surface area contributed by atoms with E-state index in [2.05, 4.69) is 32.1 Å². The molecule has 3 aromatic rings. The van der Waals surface area contributed by atoms with E-state index in [0.717, 1.165) is 16.9 Å². The lowest BCUT2D eigenvalue weighted by Crippen LogP contribution is -2.22. The predicted octanol–water partition coefficient (Wildman–Crippen LogP) is 1.88. The van der Waals surface area contributed by atoms with Crippen molar-refractivity contribution >= 4 is 5.97 Å². The molecule has 0 bridgehead atoms. The largest absolute Gasteiger partial charge is 0.476 e. The maximum atomic E-state index is 10.9. The smallest absolute Gasteiger partial charge is 0.356 e. The number of aromatic carboxylic acids is 1. The Morgan fingerprint density at radius 1 is 1.38 bits per heavy atom. The van der Waals surface area contributed by atoms with Crippen molar-refractivity contribution in [2.24, 2.45) is 0 Å². The summed E-state index contributed by atoms with van der Waals surface area (Å²) < 4.78 is 1.70. The lowest BCUT2D eigenvalue weighted by atomic mass is 10.1. The van der Waals surface area contributed by atoms with E-state index < -0.39 is 5.97 Å². The number of hydrogen-bond acceptors (Lipinski definition) is 5. The predicted molar refractivity (Wildman–Crippen MR) is 86.8 cm³/mol. The van der Waals surface area contributed by atoms with E-state index in [-0.39, 0.29) is 11.7 Å². The molecule has 0 spiro atoms. The summed E-state index contributed by atoms with van der Waals surface area (Å²) >= 11 is 0. The number of benzene rings is 1. The maximum absolute atomic E-state index is 10.9. The Balaban J connectivity index is 1.68. The number of H-pyrrole nitrogens is 1. The van der Waals surface area contributed by atoms with Gasteiger partial charge in [-0.3, -0.25) is 10.00 Å². The minimum atomic E-state index is -1.03. The number of aromatic amines is 1. The number of carboxylic acids is 1. The first-order chi connectivity index (χ1) is 11.5. The van der Waals surface area contributed by atoms with Gasteiger partial charge in [0, 0.05) is 12.6 Å². The van der Waals surface area contributed by atoms with Crippen molar-refractivity contribution < 1.29 is 9.90 Å². The number of nitrogens with zero attached hydrogens (tertiary/aromatic N) is 5. The Labute approximate surface area is 138 Å². The lowest BCUT2D eigenvalue weighted by Gasteiger charge is -2.24. The molecule has 0 saturated carbocycles. The topological polar surface area (TPSA) is 99.9 Å². The molecule has 0 aliphatic rings. The summed E-state index contributed by atoms with van der Waals surface area (Å²) in [6.07, 6.45) is 3.16. The van der Waals surface area contributed by atoms with Gasteiger partial charge >= 0.3 is 5.97 Å². The third-order valence-electron chi connectivity index (χ3n) is 3.99. The van der Waals surface area contributed by atoms with Crippen LogP contribution in [0.5, 0.6) is 0 Å². The summed E-state index contributed by atoms with van der Waals surface area (Å²) in [5.41, 5.74) is 2.90. The van der Waals surface area contributed by atoms with Crippen LogP contribution in [0.15, 0.2) is 43.0 Å². The molecule has 0 aliphatic carbocycles. The highest BCUT2D eigenvalue weighted by molar-refractivity contribution is 5.85. The van der Waals surface area contributed by atoms with Crippen molar-refractivity contribution in [1.82, 2.24) is 29.9 Å². The zero-order chi connectivity index (χ0) is 17.1. The highest BCUT2D eigenvalue weighted by atomic mass is 16.4. The summed E-state index contributed by atoms with van der Waals surface area (Å²) in [6, 6.07) is 9.80. The summed E-state index contributed by atoms with van der Waals surface area (Å²) in [5.74, 6) is -1.03. The Hall–Kier alpha value is -3.00. The first kappa shape index (κ1) is 15.9. The fourth-order valence-electron chi connectivity index (χ4n) is 2.46. The number of nitrogens with one attached hydrogen (secondary N) is 1. The summed E-state index contributed by atoms with van der Waals surface area (Å²) in [5, 5.41) is 19.6. The average Bonchev–Trinajstić information content (AvgIpc) is 3.26. The second kappa shape index (κ2) is 6.63. The van der Waals surface area contributed by atoms with Crippen LogP contribution in [0.2, 0.25) is 0 Å². The second-order valence-electron chi connectivity index (χ2n) is 5.61. The van der Waals surface area contributed by atoms with E-state index in [1.54, 1.807) is 17.1 Å². The molecular weight excluding hydrogens is 308 g/mol. The molecule has 0 fully saturated rings. The Kier molecular flexibility index (Phi) is 4.39. The van der Waals surface area contributed by atoms with Gasteiger partial charge in [0.1, 0.15) is 12.7 Å². The third-order valence-corrected chi connectivity index (χ3v) is 3.99. The van der Waals surface area contributed by atoms with Crippen LogP contribution >= 0.6 is 0 Å². The molecule has 124 valence electrons. The molecule has 0 aliphatic heterocycles. The fourth-order valence-corrected chi connectivity index (χ4v) is 2.46. The van der Waals surface area contributed by atoms with E-state index >= 15 is 0 Å². The summed E-state index contributed by atoms with van der Waals surface area (Å²) in [4.78, 5) is 16.9.